The van der Waals surface area contributed by atoms with Crippen molar-refractivity contribution in [1.82, 2.24) is 0 Å². The van der Waals surface area contributed by atoms with Crippen LogP contribution in [0.2, 0.25) is 0 Å². The van der Waals surface area contributed by atoms with E-state index in [0.29, 0.717) is 5.56 Å². The average Bonchev–Trinajstić information content (AvgIpc) is 2.52. The summed E-state index contributed by atoms with van der Waals surface area (Å²) in [7, 11) is 0. The second-order valence-electron chi connectivity index (χ2n) is 4.64. The number of rotatable bonds is 1. The van der Waals surface area contributed by atoms with Crippen molar-refractivity contribution in [3.05, 3.63) is 96.1 Å². The maximum Gasteiger partial charge on any atom is 0.131 e. The Morgan fingerprint density at radius 3 is 1.76 bits per heavy atom. The molecule has 0 atom stereocenters. The normalized spacial score (nSPS) is 9.67. The molecular formula is C19H16F2. The highest BCUT2D eigenvalue weighted by Gasteiger charge is 2.01. The summed E-state index contributed by atoms with van der Waals surface area (Å²) in [5.41, 5.74) is 2.66. The van der Waals surface area contributed by atoms with Crippen molar-refractivity contribution in [2.45, 2.75) is 6.92 Å². The van der Waals surface area contributed by atoms with E-state index in [2.05, 4.69) is 0 Å². The molecule has 0 saturated heterocycles. The summed E-state index contributed by atoms with van der Waals surface area (Å²) in [4.78, 5) is 0. The topological polar surface area (TPSA) is 0 Å². The molecule has 0 unspecified atom stereocenters. The fourth-order valence-electron chi connectivity index (χ4n) is 1.85. The van der Waals surface area contributed by atoms with Crippen molar-refractivity contribution in [3.63, 3.8) is 0 Å². The van der Waals surface area contributed by atoms with Gasteiger partial charge in [-0.1, -0.05) is 66.2 Å². The molecule has 0 nitrogen and oxygen atoms in total. The quantitative estimate of drug-likeness (QED) is 0.543. The van der Waals surface area contributed by atoms with E-state index < -0.39 is 0 Å². The van der Waals surface area contributed by atoms with E-state index in [1.165, 1.54) is 18.2 Å². The largest absolute Gasteiger partial charge is 0.207 e. The Morgan fingerprint density at radius 2 is 1.19 bits per heavy atom. The molecule has 21 heavy (non-hydrogen) atoms. The molecule has 0 spiro atoms. The zero-order valence-corrected chi connectivity index (χ0v) is 11.8. The number of halogens is 2. The van der Waals surface area contributed by atoms with Crippen LogP contribution in [0.15, 0.2) is 78.9 Å². The molecule has 0 aliphatic heterocycles. The molecule has 0 fully saturated rings. The first-order chi connectivity index (χ1) is 10.2. The van der Waals surface area contributed by atoms with Crippen molar-refractivity contribution >= 4 is 0 Å². The Morgan fingerprint density at radius 1 is 0.619 bits per heavy atom. The molecule has 3 aromatic rings. The minimum atomic E-state index is -0.172. The molecule has 106 valence electrons. The average molecular weight is 282 g/mol. The van der Waals surface area contributed by atoms with Crippen LogP contribution in [-0.4, -0.2) is 0 Å². The predicted octanol–water partition coefficient (Wildman–Crippen LogP) is 5.63. The minimum Gasteiger partial charge on any atom is -0.207 e. The first-order valence-corrected chi connectivity index (χ1v) is 6.69. The van der Waals surface area contributed by atoms with Gasteiger partial charge in [-0.25, -0.2) is 8.78 Å². The number of benzene rings is 3. The van der Waals surface area contributed by atoms with E-state index in [0.717, 1.165) is 11.1 Å². The lowest BCUT2D eigenvalue weighted by atomic mass is 10.1. The van der Waals surface area contributed by atoms with Gasteiger partial charge >= 0.3 is 0 Å². The molecule has 0 saturated carbocycles. The van der Waals surface area contributed by atoms with E-state index >= 15 is 0 Å². The summed E-state index contributed by atoms with van der Waals surface area (Å²) in [6.45, 7) is 1.93. The Bertz CT molecular complexity index is 652. The fraction of sp³-hybridized carbons (Fsp3) is 0.0526. The summed E-state index contributed by atoms with van der Waals surface area (Å²) < 4.78 is 25.4. The summed E-state index contributed by atoms with van der Waals surface area (Å²) >= 11 is 0. The van der Waals surface area contributed by atoms with Gasteiger partial charge in [-0.2, -0.15) is 0 Å². The van der Waals surface area contributed by atoms with E-state index in [1.807, 2.05) is 43.3 Å². The number of hydrogen-bond donors (Lipinski definition) is 0. The fourth-order valence-corrected chi connectivity index (χ4v) is 1.85. The summed E-state index contributed by atoms with van der Waals surface area (Å²) in [5, 5.41) is 0. The third-order valence-electron chi connectivity index (χ3n) is 2.97. The maximum atomic E-state index is 13.3. The van der Waals surface area contributed by atoms with Crippen molar-refractivity contribution in [2.24, 2.45) is 0 Å². The van der Waals surface area contributed by atoms with E-state index in [1.54, 1.807) is 24.3 Å². The van der Waals surface area contributed by atoms with Crippen LogP contribution in [-0.2, 0) is 0 Å². The molecule has 2 heteroatoms. The van der Waals surface area contributed by atoms with Gasteiger partial charge in [0.2, 0.25) is 0 Å². The van der Waals surface area contributed by atoms with Gasteiger partial charge in [0.25, 0.3) is 0 Å². The van der Waals surface area contributed by atoms with Gasteiger partial charge < -0.3 is 0 Å². The zero-order valence-electron chi connectivity index (χ0n) is 11.8. The lowest BCUT2D eigenvalue weighted by Gasteiger charge is -2.01. The second kappa shape index (κ2) is 7.34. The smallest absolute Gasteiger partial charge is 0.131 e. The van der Waals surface area contributed by atoms with Gasteiger partial charge in [0.05, 0.1) is 0 Å². The minimum absolute atomic E-state index is 0.171. The third kappa shape index (κ3) is 4.53. The van der Waals surface area contributed by atoms with Gasteiger partial charge in [0, 0.05) is 5.56 Å². The number of hydrogen-bond acceptors (Lipinski definition) is 0. The highest BCUT2D eigenvalue weighted by molar-refractivity contribution is 5.63. The van der Waals surface area contributed by atoms with Gasteiger partial charge in [-0.3, -0.25) is 0 Å². The molecular weight excluding hydrogens is 266 g/mol. The molecule has 0 radical (unpaired) electrons. The first kappa shape index (κ1) is 14.9. The highest BCUT2D eigenvalue weighted by Crippen LogP contribution is 2.21. The van der Waals surface area contributed by atoms with Crippen LogP contribution < -0.4 is 0 Å². The molecule has 0 heterocycles. The Labute approximate surface area is 123 Å². The van der Waals surface area contributed by atoms with E-state index in [-0.39, 0.29) is 11.6 Å². The summed E-state index contributed by atoms with van der Waals surface area (Å²) in [6.07, 6.45) is 0. The monoisotopic (exact) mass is 282 g/mol. The molecule has 0 N–H and O–H groups in total. The van der Waals surface area contributed by atoms with Crippen LogP contribution >= 0.6 is 0 Å². The molecule has 3 aromatic carbocycles. The van der Waals surface area contributed by atoms with Crippen molar-refractivity contribution in [3.8, 4) is 11.1 Å². The van der Waals surface area contributed by atoms with Crippen LogP contribution in [0.4, 0.5) is 8.78 Å². The molecule has 0 aliphatic carbocycles. The lowest BCUT2D eigenvalue weighted by Crippen LogP contribution is -1.81. The summed E-state index contributed by atoms with van der Waals surface area (Å²) in [5.74, 6) is -0.343. The van der Waals surface area contributed by atoms with Crippen molar-refractivity contribution in [1.29, 1.82) is 0 Å². The standard InChI is InChI=1S/C12H9F.C7H7F/c13-12-9-5-4-8-11(12)10-6-2-1-3-7-10;1-6-2-4-7(8)5-3-6/h1-9H;2-5H,1H3. The van der Waals surface area contributed by atoms with Crippen molar-refractivity contribution < 1.29 is 8.78 Å². The number of aryl methyl sites for hydroxylation is 1. The summed E-state index contributed by atoms with van der Waals surface area (Å²) in [6, 6.07) is 22.7. The van der Waals surface area contributed by atoms with E-state index in [4.69, 9.17) is 0 Å². The van der Waals surface area contributed by atoms with Crippen LogP contribution in [0.3, 0.4) is 0 Å². The predicted molar refractivity (Wildman–Crippen MR) is 83.0 cm³/mol. The molecule has 0 aliphatic rings. The van der Waals surface area contributed by atoms with Crippen molar-refractivity contribution in [2.75, 3.05) is 0 Å². The second-order valence-corrected chi connectivity index (χ2v) is 4.64. The van der Waals surface area contributed by atoms with Crippen LogP contribution in [0.5, 0.6) is 0 Å². The van der Waals surface area contributed by atoms with E-state index in [9.17, 15) is 8.78 Å². The first-order valence-electron chi connectivity index (χ1n) is 6.69. The van der Waals surface area contributed by atoms with Crippen LogP contribution in [0, 0.1) is 18.6 Å². The zero-order chi connectivity index (χ0) is 15.1. The van der Waals surface area contributed by atoms with Crippen LogP contribution in [0.1, 0.15) is 5.56 Å². The Balaban J connectivity index is 0.000000173. The Hall–Kier alpha value is -2.48. The molecule has 0 amide bonds. The van der Waals surface area contributed by atoms with Gasteiger partial charge in [0.15, 0.2) is 0 Å². The lowest BCUT2D eigenvalue weighted by molar-refractivity contribution is 0.627. The Kier molecular flexibility index (Phi) is 5.22. The van der Waals surface area contributed by atoms with Crippen LogP contribution in [0.25, 0.3) is 11.1 Å². The van der Waals surface area contributed by atoms with Gasteiger partial charge in [-0.05, 0) is 30.7 Å². The SMILES string of the molecule is Cc1ccc(F)cc1.Fc1ccccc1-c1ccccc1. The van der Waals surface area contributed by atoms with Gasteiger partial charge in [-0.15, -0.1) is 0 Å². The third-order valence-corrected chi connectivity index (χ3v) is 2.97. The van der Waals surface area contributed by atoms with Gasteiger partial charge in [0.1, 0.15) is 11.6 Å². The highest BCUT2D eigenvalue weighted by atomic mass is 19.1. The molecule has 0 aromatic heterocycles. The maximum absolute atomic E-state index is 13.3. The molecule has 0 bridgehead atoms. The molecule has 3 rings (SSSR count).